The van der Waals surface area contributed by atoms with E-state index in [-0.39, 0.29) is 18.8 Å². The Morgan fingerprint density at radius 1 is 0.902 bits per heavy atom. The number of benzene rings is 3. The largest absolute Gasteiger partial charge is 0.459 e. The lowest BCUT2D eigenvalue weighted by molar-refractivity contribution is -0.169. The second-order valence-electron chi connectivity index (χ2n) is 9.88. The van der Waals surface area contributed by atoms with Gasteiger partial charge in [0.15, 0.2) is 0 Å². The van der Waals surface area contributed by atoms with E-state index >= 15 is 0 Å². The van der Waals surface area contributed by atoms with E-state index in [0.717, 1.165) is 11.1 Å². The Balaban J connectivity index is 1.65. The molecule has 0 saturated heterocycles. The number of halogens is 2. The van der Waals surface area contributed by atoms with Crippen LogP contribution in [0.15, 0.2) is 72.8 Å². The Kier molecular flexibility index (Phi) is 11.7. The number of alkyl carbamates (subject to hydrolysis) is 1. The highest BCUT2D eigenvalue weighted by Crippen LogP contribution is 2.26. The number of nitrogens with one attached hydrogen (secondary N) is 1. The summed E-state index contributed by atoms with van der Waals surface area (Å²) in [6.45, 7) is 4.70. The van der Waals surface area contributed by atoms with Crippen molar-refractivity contribution < 1.29 is 33.0 Å². The van der Waals surface area contributed by atoms with Crippen LogP contribution in [0.2, 0.25) is 5.02 Å². The van der Waals surface area contributed by atoms with Crippen LogP contribution < -0.4 is 11.1 Å². The quantitative estimate of drug-likeness (QED) is 0.204. The fourth-order valence-corrected chi connectivity index (χ4v) is 4.09. The first-order valence-corrected chi connectivity index (χ1v) is 13.6. The second kappa shape index (κ2) is 15.2. The topological polar surface area (TPSA) is 117 Å². The summed E-state index contributed by atoms with van der Waals surface area (Å²) in [5.41, 5.74) is 9.03. The van der Waals surface area contributed by atoms with E-state index in [1.807, 2.05) is 30.3 Å². The van der Waals surface area contributed by atoms with E-state index in [2.05, 4.69) is 5.32 Å². The van der Waals surface area contributed by atoms with Crippen molar-refractivity contribution in [2.45, 2.75) is 58.6 Å². The highest BCUT2D eigenvalue weighted by Gasteiger charge is 2.27. The molecular formula is C31H34ClFN2O6. The Labute approximate surface area is 243 Å². The normalized spacial score (nSPS) is 13.1. The molecule has 1 amide bonds. The molecule has 1 unspecified atom stereocenters. The molecule has 0 spiro atoms. The molecule has 0 aromatic heterocycles. The predicted molar refractivity (Wildman–Crippen MR) is 153 cm³/mol. The Hall–Kier alpha value is -3.95. The minimum atomic E-state index is -1.16. The third-order valence-corrected chi connectivity index (χ3v) is 6.29. The molecule has 3 atom stereocenters. The van der Waals surface area contributed by atoms with Gasteiger partial charge in [-0.25, -0.2) is 14.0 Å². The van der Waals surface area contributed by atoms with E-state index in [0.29, 0.717) is 22.6 Å². The maximum Gasteiger partial charge on any atom is 0.410 e. The SMILES string of the molecule is CC(OC(=O)N[C@H](C[C@H](N)Cc1ccc(-c2cc(Cl)ccc2F)cc1)C(=O)OCc1ccccc1)OC(=O)C(C)C. The van der Waals surface area contributed by atoms with E-state index in [4.69, 9.17) is 31.5 Å². The van der Waals surface area contributed by atoms with Crippen molar-refractivity contribution in [1.82, 2.24) is 5.32 Å². The van der Waals surface area contributed by atoms with Gasteiger partial charge in [0.05, 0.1) is 5.92 Å². The Bertz CT molecular complexity index is 1320. The molecule has 0 heterocycles. The van der Waals surface area contributed by atoms with Gasteiger partial charge in [-0.15, -0.1) is 0 Å². The molecule has 8 nitrogen and oxygen atoms in total. The van der Waals surface area contributed by atoms with Crippen LogP contribution in [0, 0.1) is 11.7 Å². The molecule has 0 radical (unpaired) electrons. The molecule has 3 aromatic rings. The van der Waals surface area contributed by atoms with Gasteiger partial charge in [-0.05, 0) is 47.7 Å². The fourth-order valence-electron chi connectivity index (χ4n) is 3.92. The zero-order valence-electron chi connectivity index (χ0n) is 23.1. The zero-order chi connectivity index (χ0) is 29.9. The van der Waals surface area contributed by atoms with Gasteiger partial charge in [0, 0.05) is 23.6 Å². The van der Waals surface area contributed by atoms with Crippen LogP contribution >= 0.6 is 11.6 Å². The Morgan fingerprint density at radius 3 is 2.24 bits per heavy atom. The van der Waals surface area contributed by atoms with Crippen LogP contribution in [0.5, 0.6) is 0 Å². The summed E-state index contributed by atoms with van der Waals surface area (Å²) in [6, 6.07) is 18.9. The monoisotopic (exact) mass is 584 g/mol. The molecule has 218 valence electrons. The molecule has 0 aliphatic heterocycles. The van der Waals surface area contributed by atoms with Crippen LogP contribution in [0.25, 0.3) is 11.1 Å². The van der Waals surface area contributed by atoms with Gasteiger partial charge in [0.25, 0.3) is 0 Å². The van der Waals surface area contributed by atoms with Crippen LogP contribution in [0.4, 0.5) is 9.18 Å². The third-order valence-electron chi connectivity index (χ3n) is 6.06. The van der Waals surface area contributed by atoms with Gasteiger partial charge >= 0.3 is 18.0 Å². The highest BCUT2D eigenvalue weighted by atomic mass is 35.5. The van der Waals surface area contributed by atoms with Crippen LogP contribution in [0.3, 0.4) is 0 Å². The summed E-state index contributed by atoms with van der Waals surface area (Å²) in [4.78, 5) is 37.3. The van der Waals surface area contributed by atoms with Gasteiger partial charge < -0.3 is 25.3 Å². The lowest BCUT2D eigenvalue weighted by atomic mass is 9.97. The molecular weight excluding hydrogens is 551 g/mol. The number of carbonyl (C=O) groups is 3. The van der Waals surface area contributed by atoms with Crippen LogP contribution in [-0.4, -0.2) is 36.4 Å². The summed E-state index contributed by atoms with van der Waals surface area (Å²) in [6.07, 6.45) is -1.73. The van der Waals surface area contributed by atoms with Gasteiger partial charge in [-0.3, -0.25) is 4.79 Å². The summed E-state index contributed by atoms with van der Waals surface area (Å²) < 4.78 is 29.8. The van der Waals surface area contributed by atoms with E-state index < -0.39 is 42.3 Å². The Morgan fingerprint density at radius 2 is 1.59 bits per heavy atom. The average Bonchev–Trinajstić information content (AvgIpc) is 2.93. The smallest absolute Gasteiger partial charge is 0.410 e. The van der Waals surface area contributed by atoms with Crippen molar-refractivity contribution in [3.63, 3.8) is 0 Å². The number of carbonyl (C=O) groups excluding carboxylic acids is 3. The number of rotatable bonds is 12. The number of hydrogen-bond acceptors (Lipinski definition) is 7. The number of amides is 1. The molecule has 10 heteroatoms. The molecule has 0 aliphatic rings. The summed E-state index contributed by atoms with van der Waals surface area (Å²) in [5.74, 6) is -2.02. The number of hydrogen-bond donors (Lipinski definition) is 2. The maximum absolute atomic E-state index is 14.2. The minimum absolute atomic E-state index is 0.00602. The predicted octanol–water partition coefficient (Wildman–Crippen LogP) is 5.79. The average molecular weight is 585 g/mol. The first-order chi connectivity index (χ1) is 19.5. The molecule has 0 aliphatic carbocycles. The lowest BCUT2D eigenvalue weighted by Gasteiger charge is -2.22. The maximum atomic E-state index is 14.2. The first kappa shape index (κ1) is 31.6. The number of esters is 2. The fraction of sp³-hybridized carbons (Fsp3) is 0.323. The highest BCUT2D eigenvalue weighted by molar-refractivity contribution is 6.30. The van der Waals surface area contributed by atoms with Gasteiger partial charge in [-0.2, -0.15) is 0 Å². The van der Waals surface area contributed by atoms with Crippen LogP contribution in [-0.2, 0) is 36.8 Å². The van der Waals surface area contributed by atoms with Crippen molar-refractivity contribution in [1.29, 1.82) is 0 Å². The number of ether oxygens (including phenoxy) is 3. The number of nitrogens with two attached hydrogens (primary N) is 1. The van der Waals surface area contributed by atoms with Crippen molar-refractivity contribution in [2.24, 2.45) is 11.7 Å². The minimum Gasteiger partial charge on any atom is -0.459 e. The summed E-state index contributed by atoms with van der Waals surface area (Å²) >= 11 is 6.01. The second-order valence-corrected chi connectivity index (χ2v) is 10.3. The molecule has 0 bridgehead atoms. The van der Waals surface area contributed by atoms with Crippen molar-refractivity contribution in [3.05, 3.63) is 94.8 Å². The van der Waals surface area contributed by atoms with Gasteiger partial charge in [0.2, 0.25) is 6.29 Å². The van der Waals surface area contributed by atoms with Crippen molar-refractivity contribution in [3.8, 4) is 11.1 Å². The summed E-state index contributed by atoms with van der Waals surface area (Å²) in [5, 5.41) is 2.91. The summed E-state index contributed by atoms with van der Waals surface area (Å²) in [7, 11) is 0. The molecule has 41 heavy (non-hydrogen) atoms. The van der Waals surface area contributed by atoms with E-state index in [1.165, 1.54) is 19.1 Å². The molecule has 0 fully saturated rings. The first-order valence-electron chi connectivity index (χ1n) is 13.2. The van der Waals surface area contributed by atoms with Crippen molar-refractivity contribution >= 4 is 29.6 Å². The lowest BCUT2D eigenvalue weighted by Crippen LogP contribution is -2.46. The van der Waals surface area contributed by atoms with Crippen molar-refractivity contribution in [2.75, 3.05) is 0 Å². The van der Waals surface area contributed by atoms with E-state index in [9.17, 15) is 18.8 Å². The van der Waals surface area contributed by atoms with Crippen LogP contribution in [0.1, 0.15) is 38.3 Å². The zero-order valence-corrected chi connectivity index (χ0v) is 23.9. The molecule has 3 rings (SSSR count). The standard InChI is InChI=1S/C31H34ClFN2O6/c1-19(2)29(36)40-20(3)41-31(38)35-28(30(37)39-18-22-7-5-4-6-8-22)17-25(34)15-21-9-11-23(12-10-21)26-16-24(32)13-14-27(26)33/h4-14,16,19-20,25,28H,15,17-18,34H2,1-3H3,(H,35,38)/t20?,25-,28-/m1/s1. The van der Waals surface area contributed by atoms with Gasteiger partial charge in [0.1, 0.15) is 18.5 Å². The van der Waals surface area contributed by atoms with Gasteiger partial charge in [-0.1, -0.05) is 80.0 Å². The third kappa shape index (κ3) is 10.2. The molecule has 3 N–H and O–H groups in total. The van der Waals surface area contributed by atoms with E-state index in [1.54, 1.807) is 44.2 Å². The molecule has 0 saturated carbocycles. The molecule has 3 aromatic carbocycles.